The molecule has 0 saturated heterocycles. The maximum absolute atomic E-state index is 11.1. The molecule has 0 unspecified atom stereocenters. The van der Waals surface area contributed by atoms with Crippen LogP contribution in [0.5, 0.6) is 11.5 Å². The predicted octanol–water partition coefficient (Wildman–Crippen LogP) is 3.88. The van der Waals surface area contributed by atoms with E-state index in [1.165, 1.54) is 30.6 Å². The molecule has 0 radical (unpaired) electrons. The smallest absolute Gasteiger partial charge is 0.341 e. The molecule has 0 atom stereocenters. The molecule has 1 heterocycles. The summed E-state index contributed by atoms with van der Waals surface area (Å²) in [5.74, 6) is -0.683. The van der Waals surface area contributed by atoms with Crippen molar-refractivity contribution in [3.05, 3.63) is 52.3 Å². The average molecular weight is 284 g/mol. The Balaban J connectivity index is 2.40. The lowest BCUT2D eigenvalue weighted by Crippen LogP contribution is -2.01. The first kappa shape index (κ1) is 12.7. The number of carboxylic acid groups (broad SMARTS) is 1. The number of benzene rings is 1. The molecule has 2 rings (SSSR count). The second kappa shape index (κ2) is 5.25. The van der Waals surface area contributed by atoms with Crippen LogP contribution in [0.3, 0.4) is 0 Å². The minimum Gasteiger partial charge on any atom is -0.478 e. The molecule has 4 nitrogen and oxygen atoms in total. The molecule has 6 heteroatoms. The van der Waals surface area contributed by atoms with E-state index in [1.807, 2.05) is 0 Å². The summed E-state index contributed by atoms with van der Waals surface area (Å²) < 4.78 is 5.42. The van der Waals surface area contributed by atoms with Gasteiger partial charge in [-0.25, -0.2) is 4.79 Å². The number of carbonyl (C=O) groups is 1. The Morgan fingerprint density at radius 1 is 1.28 bits per heavy atom. The van der Waals surface area contributed by atoms with Gasteiger partial charge in [-0.05, 0) is 12.1 Å². The highest BCUT2D eigenvalue weighted by Crippen LogP contribution is 2.30. The number of ether oxygens (including phenoxy) is 1. The van der Waals surface area contributed by atoms with E-state index >= 15 is 0 Å². The van der Waals surface area contributed by atoms with Crippen LogP contribution in [-0.2, 0) is 0 Å². The highest BCUT2D eigenvalue weighted by Gasteiger charge is 2.16. The van der Waals surface area contributed by atoms with Crippen LogP contribution in [0.15, 0.2) is 36.7 Å². The fourth-order valence-corrected chi connectivity index (χ4v) is 1.78. The van der Waals surface area contributed by atoms with E-state index in [1.54, 1.807) is 6.07 Å². The zero-order chi connectivity index (χ0) is 13.1. The summed E-state index contributed by atoms with van der Waals surface area (Å²) >= 11 is 11.6. The van der Waals surface area contributed by atoms with Crippen LogP contribution >= 0.6 is 23.2 Å². The monoisotopic (exact) mass is 283 g/mol. The first-order valence-corrected chi connectivity index (χ1v) is 5.63. The Hall–Kier alpha value is -1.78. The van der Waals surface area contributed by atoms with Crippen molar-refractivity contribution in [3.8, 4) is 11.5 Å². The molecule has 92 valence electrons. The minimum absolute atomic E-state index is 0.0980. The van der Waals surface area contributed by atoms with Gasteiger partial charge in [0.2, 0.25) is 0 Å². The molecular formula is C12H7Cl2NO3. The van der Waals surface area contributed by atoms with Gasteiger partial charge in [0.05, 0.1) is 16.2 Å². The predicted molar refractivity (Wildman–Crippen MR) is 67.7 cm³/mol. The molecule has 1 aromatic carbocycles. The van der Waals surface area contributed by atoms with Gasteiger partial charge in [0, 0.05) is 12.3 Å². The first-order chi connectivity index (χ1) is 8.58. The van der Waals surface area contributed by atoms with Gasteiger partial charge in [0.1, 0.15) is 17.1 Å². The summed E-state index contributed by atoms with van der Waals surface area (Å²) in [6.45, 7) is 0. The van der Waals surface area contributed by atoms with Crippen LogP contribution in [0.25, 0.3) is 0 Å². The molecule has 0 amide bonds. The van der Waals surface area contributed by atoms with Crippen LogP contribution in [-0.4, -0.2) is 16.1 Å². The van der Waals surface area contributed by atoms with Crippen molar-refractivity contribution >= 4 is 29.2 Å². The van der Waals surface area contributed by atoms with Gasteiger partial charge in [0.15, 0.2) is 0 Å². The van der Waals surface area contributed by atoms with Gasteiger partial charge in [-0.3, -0.25) is 4.98 Å². The van der Waals surface area contributed by atoms with E-state index in [0.717, 1.165) is 0 Å². The standard InChI is InChI=1S/C12H7Cl2NO3/c13-7-4-8(6-15-5-7)18-10-3-1-2-9(14)11(10)12(16)17/h1-6H,(H,16,17). The van der Waals surface area contributed by atoms with Crippen LogP contribution in [0.4, 0.5) is 0 Å². The minimum atomic E-state index is -1.16. The molecule has 0 saturated carbocycles. The van der Waals surface area contributed by atoms with Gasteiger partial charge in [-0.15, -0.1) is 0 Å². The lowest BCUT2D eigenvalue weighted by atomic mass is 10.2. The SMILES string of the molecule is O=C(O)c1c(Cl)cccc1Oc1cncc(Cl)c1. The third-order valence-corrected chi connectivity index (χ3v) is 2.62. The van der Waals surface area contributed by atoms with Crippen LogP contribution < -0.4 is 4.74 Å². The van der Waals surface area contributed by atoms with Crippen molar-refractivity contribution < 1.29 is 14.6 Å². The molecule has 0 aliphatic rings. The van der Waals surface area contributed by atoms with E-state index < -0.39 is 5.97 Å². The molecule has 0 fully saturated rings. The quantitative estimate of drug-likeness (QED) is 0.929. The summed E-state index contributed by atoms with van der Waals surface area (Å²) in [4.78, 5) is 14.9. The second-order valence-electron chi connectivity index (χ2n) is 3.36. The summed E-state index contributed by atoms with van der Waals surface area (Å²) in [5, 5.41) is 9.57. The molecule has 1 N–H and O–H groups in total. The van der Waals surface area contributed by atoms with E-state index in [0.29, 0.717) is 10.8 Å². The fraction of sp³-hybridized carbons (Fsp3) is 0. The topological polar surface area (TPSA) is 59.4 Å². The molecule has 0 spiro atoms. The number of rotatable bonds is 3. The fourth-order valence-electron chi connectivity index (χ4n) is 1.37. The normalized spacial score (nSPS) is 10.1. The Morgan fingerprint density at radius 3 is 2.72 bits per heavy atom. The summed E-state index contributed by atoms with van der Waals surface area (Å²) in [7, 11) is 0. The number of aromatic carboxylic acids is 1. The number of hydrogen-bond acceptors (Lipinski definition) is 3. The molecule has 1 aromatic heterocycles. The van der Waals surface area contributed by atoms with E-state index in [4.69, 9.17) is 33.0 Å². The van der Waals surface area contributed by atoms with Crippen molar-refractivity contribution in [1.29, 1.82) is 0 Å². The van der Waals surface area contributed by atoms with Crippen LogP contribution in [0.2, 0.25) is 10.0 Å². The Bertz CT molecular complexity index is 602. The number of carboxylic acids is 1. The molecule has 0 aliphatic carbocycles. The van der Waals surface area contributed by atoms with Gasteiger partial charge >= 0.3 is 5.97 Å². The third-order valence-electron chi connectivity index (χ3n) is 2.10. The van der Waals surface area contributed by atoms with Crippen molar-refractivity contribution in [3.63, 3.8) is 0 Å². The van der Waals surface area contributed by atoms with Gasteiger partial charge in [0.25, 0.3) is 0 Å². The number of nitrogens with zero attached hydrogens (tertiary/aromatic N) is 1. The van der Waals surface area contributed by atoms with Crippen LogP contribution in [0, 0.1) is 0 Å². The summed E-state index contributed by atoms with van der Waals surface area (Å²) in [6, 6.07) is 6.12. The molecule has 0 aliphatic heterocycles. The zero-order valence-corrected chi connectivity index (χ0v) is 10.4. The number of halogens is 2. The van der Waals surface area contributed by atoms with Gasteiger partial charge in [-0.1, -0.05) is 29.3 Å². The van der Waals surface area contributed by atoms with Crippen molar-refractivity contribution in [2.24, 2.45) is 0 Å². The first-order valence-electron chi connectivity index (χ1n) is 4.88. The van der Waals surface area contributed by atoms with Crippen molar-refractivity contribution in [1.82, 2.24) is 4.98 Å². The molecule has 2 aromatic rings. The molecular weight excluding hydrogens is 277 g/mol. The van der Waals surface area contributed by atoms with Crippen molar-refractivity contribution in [2.75, 3.05) is 0 Å². The maximum atomic E-state index is 11.1. The molecule has 0 bridgehead atoms. The summed E-state index contributed by atoms with van der Waals surface area (Å²) in [5.41, 5.74) is -0.0980. The number of hydrogen-bond donors (Lipinski definition) is 1. The molecule has 18 heavy (non-hydrogen) atoms. The van der Waals surface area contributed by atoms with E-state index in [2.05, 4.69) is 4.98 Å². The van der Waals surface area contributed by atoms with Gasteiger partial charge < -0.3 is 9.84 Å². The highest BCUT2D eigenvalue weighted by atomic mass is 35.5. The lowest BCUT2D eigenvalue weighted by molar-refractivity contribution is 0.0694. The summed E-state index contributed by atoms with van der Waals surface area (Å²) in [6.07, 6.45) is 2.88. The Kier molecular flexibility index (Phi) is 3.69. The van der Waals surface area contributed by atoms with Gasteiger partial charge in [-0.2, -0.15) is 0 Å². The number of pyridine rings is 1. The Morgan fingerprint density at radius 2 is 2.06 bits per heavy atom. The van der Waals surface area contributed by atoms with Crippen molar-refractivity contribution in [2.45, 2.75) is 0 Å². The maximum Gasteiger partial charge on any atom is 0.341 e. The number of aromatic nitrogens is 1. The highest BCUT2D eigenvalue weighted by molar-refractivity contribution is 6.33. The lowest BCUT2D eigenvalue weighted by Gasteiger charge is -2.09. The van der Waals surface area contributed by atoms with E-state index in [9.17, 15) is 4.79 Å². The second-order valence-corrected chi connectivity index (χ2v) is 4.20. The van der Waals surface area contributed by atoms with E-state index in [-0.39, 0.29) is 16.3 Å². The Labute approximate surface area is 113 Å². The average Bonchev–Trinajstić information content (AvgIpc) is 2.28. The largest absolute Gasteiger partial charge is 0.478 e. The third kappa shape index (κ3) is 2.72. The van der Waals surface area contributed by atoms with Crippen LogP contribution in [0.1, 0.15) is 10.4 Å². The zero-order valence-electron chi connectivity index (χ0n) is 8.93.